The van der Waals surface area contributed by atoms with Gasteiger partial charge in [0.2, 0.25) is 11.1 Å². The molecule has 3 nitrogen and oxygen atoms in total. The lowest BCUT2D eigenvalue weighted by Gasteiger charge is -2.18. The van der Waals surface area contributed by atoms with Gasteiger partial charge in [-0.2, -0.15) is 0 Å². The minimum Gasteiger partial charge on any atom is -0.343 e. The van der Waals surface area contributed by atoms with Gasteiger partial charge in [0, 0.05) is 25.9 Å². The van der Waals surface area contributed by atoms with E-state index >= 15 is 0 Å². The molecule has 4 heteroatoms. The van der Waals surface area contributed by atoms with Gasteiger partial charge >= 0.3 is 0 Å². The third kappa shape index (κ3) is 5.97. The smallest absolute Gasteiger partial charge is 0.222 e. The molecule has 0 aliphatic rings. The zero-order valence-corrected chi connectivity index (χ0v) is 9.64. The molecule has 0 fully saturated rings. The van der Waals surface area contributed by atoms with Crippen molar-refractivity contribution in [3.8, 4) is 0 Å². The quantitative estimate of drug-likeness (QED) is 0.486. The first-order valence-corrected chi connectivity index (χ1v) is 5.45. The molecule has 0 aromatic rings. The van der Waals surface area contributed by atoms with Crippen LogP contribution in [0.4, 0.5) is 0 Å². The first-order chi connectivity index (χ1) is 6.61. The van der Waals surface area contributed by atoms with Gasteiger partial charge in [0.25, 0.3) is 0 Å². The fourth-order valence-corrected chi connectivity index (χ4v) is 1.41. The fourth-order valence-electron chi connectivity index (χ4n) is 1.27. The number of nitrogens with zero attached hydrogens (tertiary/aromatic N) is 1. The second-order valence-corrected chi connectivity index (χ2v) is 3.55. The average Bonchev–Trinajstić information content (AvgIpc) is 2.14. The van der Waals surface area contributed by atoms with Crippen LogP contribution in [0.2, 0.25) is 0 Å². The summed E-state index contributed by atoms with van der Waals surface area (Å²) in [5, 5.41) is -0.319. The Labute approximate surface area is 90.4 Å². The van der Waals surface area contributed by atoms with Gasteiger partial charge in [-0.25, -0.2) is 0 Å². The Balaban J connectivity index is 3.57. The molecule has 14 heavy (non-hydrogen) atoms. The van der Waals surface area contributed by atoms with Crippen LogP contribution in [-0.4, -0.2) is 29.1 Å². The van der Waals surface area contributed by atoms with Crippen LogP contribution in [-0.2, 0) is 9.59 Å². The molecule has 0 saturated heterocycles. The van der Waals surface area contributed by atoms with Crippen molar-refractivity contribution in [2.24, 2.45) is 0 Å². The van der Waals surface area contributed by atoms with Crippen LogP contribution < -0.4 is 0 Å². The number of unbranched alkanes of at least 4 members (excludes halogenated alkanes) is 1. The molecule has 0 rings (SSSR count). The third-order valence-corrected chi connectivity index (χ3v) is 2.32. The van der Waals surface area contributed by atoms with Crippen LogP contribution >= 0.6 is 11.6 Å². The summed E-state index contributed by atoms with van der Waals surface area (Å²) in [7, 11) is 0. The monoisotopic (exact) mass is 219 g/mol. The number of rotatable bonds is 7. The average molecular weight is 220 g/mol. The minimum atomic E-state index is -0.319. The zero-order chi connectivity index (χ0) is 11.0. The highest BCUT2D eigenvalue weighted by molar-refractivity contribution is 6.63. The van der Waals surface area contributed by atoms with Crippen LogP contribution in [0.3, 0.4) is 0 Å². The largest absolute Gasteiger partial charge is 0.343 e. The van der Waals surface area contributed by atoms with Crippen LogP contribution in [0.15, 0.2) is 0 Å². The number of halogens is 1. The highest BCUT2D eigenvalue weighted by atomic mass is 35.5. The van der Waals surface area contributed by atoms with E-state index in [0.717, 1.165) is 19.5 Å². The zero-order valence-electron chi connectivity index (χ0n) is 8.88. The number of carbonyl (C=O) groups excluding carboxylic acids is 2. The van der Waals surface area contributed by atoms with Gasteiger partial charge in [0.1, 0.15) is 0 Å². The Hall–Kier alpha value is -0.570. The van der Waals surface area contributed by atoms with Gasteiger partial charge in [0.15, 0.2) is 0 Å². The van der Waals surface area contributed by atoms with E-state index in [4.69, 9.17) is 11.6 Å². The van der Waals surface area contributed by atoms with Crippen molar-refractivity contribution in [2.75, 3.05) is 13.1 Å². The molecule has 0 spiro atoms. The highest BCUT2D eigenvalue weighted by Gasteiger charge is 2.08. The van der Waals surface area contributed by atoms with Gasteiger partial charge in [-0.15, -0.1) is 0 Å². The van der Waals surface area contributed by atoms with Crippen molar-refractivity contribution < 1.29 is 9.59 Å². The van der Waals surface area contributed by atoms with E-state index in [1.165, 1.54) is 0 Å². The molecule has 0 heterocycles. The number of carbonyl (C=O) groups is 2. The fraction of sp³-hybridized carbons (Fsp3) is 0.800. The van der Waals surface area contributed by atoms with Crippen molar-refractivity contribution in [3.05, 3.63) is 0 Å². The number of hydrogen-bond acceptors (Lipinski definition) is 2. The van der Waals surface area contributed by atoms with E-state index in [1.54, 1.807) is 4.90 Å². The van der Waals surface area contributed by atoms with E-state index in [-0.39, 0.29) is 11.1 Å². The van der Waals surface area contributed by atoms with Crippen LogP contribution in [0.5, 0.6) is 0 Å². The highest BCUT2D eigenvalue weighted by Crippen LogP contribution is 2.05. The molecule has 0 radical (unpaired) electrons. The van der Waals surface area contributed by atoms with E-state index < -0.39 is 0 Å². The molecule has 0 aromatic carbocycles. The summed E-state index contributed by atoms with van der Waals surface area (Å²) >= 11 is 5.18. The molecule has 0 aliphatic carbocycles. The molecule has 0 bridgehead atoms. The molecule has 82 valence electrons. The Morgan fingerprint density at radius 3 is 2.00 bits per heavy atom. The lowest BCUT2D eigenvalue weighted by Crippen LogP contribution is -2.30. The summed E-state index contributed by atoms with van der Waals surface area (Å²) < 4.78 is 0. The molecule has 1 amide bonds. The topological polar surface area (TPSA) is 37.4 Å². The summed E-state index contributed by atoms with van der Waals surface area (Å²) in [4.78, 5) is 23.7. The van der Waals surface area contributed by atoms with Gasteiger partial charge in [0.05, 0.1) is 0 Å². The van der Waals surface area contributed by atoms with E-state index in [2.05, 4.69) is 0 Å². The van der Waals surface area contributed by atoms with Gasteiger partial charge in [-0.3, -0.25) is 9.59 Å². The predicted molar refractivity (Wildman–Crippen MR) is 57.3 cm³/mol. The summed E-state index contributed by atoms with van der Waals surface area (Å²) in [5.41, 5.74) is 0. The minimum absolute atomic E-state index is 0.164. The summed E-state index contributed by atoms with van der Waals surface area (Å²) in [5.74, 6) is 0.164. The molecule has 0 saturated carbocycles. The number of amides is 1. The maximum Gasteiger partial charge on any atom is 0.222 e. The Morgan fingerprint density at radius 1 is 1.07 bits per heavy atom. The summed E-state index contributed by atoms with van der Waals surface area (Å²) in [6.07, 6.45) is 2.34. The normalized spacial score (nSPS) is 9.93. The summed E-state index contributed by atoms with van der Waals surface area (Å²) in [6.45, 7) is 5.43. The van der Waals surface area contributed by atoms with Crippen molar-refractivity contribution >= 4 is 22.8 Å². The SMILES string of the molecule is CCN(CC)C(=O)CCCCC(=O)Cl. The number of hydrogen-bond donors (Lipinski definition) is 0. The maximum absolute atomic E-state index is 11.5. The second kappa shape index (κ2) is 7.80. The Bertz CT molecular complexity index is 191. The summed E-state index contributed by atoms with van der Waals surface area (Å²) in [6, 6.07) is 0. The maximum atomic E-state index is 11.5. The molecule has 0 unspecified atom stereocenters. The Kier molecular flexibility index (Phi) is 7.48. The van der Waals surface area contributed by atoms with Crippen LogP contribution in [0.1, 0.15) is 39.5 Å². The van der Waals surface area contributed by atoms with Crippen molar-refractivity contribution in [1.29, 1.82) is 0 Å². The predicted octanol–water partition coefficient (Wildman–Crippen LogP) is 2.18. The van der Waals surface area contributed by atoms with E-state index in [1.807, 2.05) is 13.8 Å². The molecular weight excluding hydrogens is 202 g/mol. The second-order valence-electron chi connectivity index (χ2n) is 3.13. The lowest BCUT2D eigenvalue weighted by atomic mass is 10.2. The molecule has 0 atom stereocenters. The first-order valence-electron chi connectivity index (χ1n) is 5.07. The van der Waals surface area contributed by atoms with Gasteiger partial charge in [-0.1, -0.05) is 0 Å². The van der Waals surface area contributed by atoms with Gasteiger partial charge in [-0.05, 0) is 38.3 Å². The van der Waals surface area contributed by atoms with Crippen molar-refractivity contribution in [1.82, 2.24) is 4.90 Å². The van der Waals surface area contributed by atoms with Crippen molar-refractivity contribution in [3.63, 3.8) is 0 Å². The standard InChI is InChI=1S/C10H18ClNO2/c1-3-12(4-2)10(14)8-6-5-7-9(11)13/h3-8H2,1-2H3. The molecule has 0 aromatic heterocycles. The molecule has 0 N–H and O–H groups in total. The third-order valence-electron chi connectivity index (χ3n) is 2.13. The molecule has 0 aliphatic heterocycles. The van der Waals surface area contributed by atoms with E-state index in [9.17, 15) is 9.59 Å². The van der Waals surface area contributed by atoms with Crippen LogP contribution in [0, 0.1) is 0 Å². The Morgan fingerprint density at radius 2 is 1.57 bits per heavy atom. The van der Waals surface area contributed by atoms with Crippen LogP contribution in [0.25, 0.3) is 0 Å². The van der Waals surface area contributed by atoms with Crippen molar-refractivity contribution in [2.45, 2.75) is 39.5 Å². The molecular formula is C10H18ClNO2. The lowest BCUT2D eigenvalue weighted by molar-refractivity contribution is -0.131. The first kappa shape index (κ1) is 13.4. The van der Waals surface area contributed by atoms with E-state index in [0.29, 0.717) is 19.3 Å². The van der Waals surface area contributed by atoms with Gasteiger partial charge < -0.3 is 4.90 Å².